The minimum atomic E-state index is 0.511. The number of nitrogens with one attached hydrogen (secondary N) is 1. The first-order chi connectivity index (χ1) is 7.05. The highest BCUT2D eigenvalue weighted by atomic mass is 16.5. The number of rotatable bonds is 3. The predicted octanol–water partition coefficient (Wildman–Crippen LogP) is 2.65. The highest BCUT2D eigenvalue weighted by molar-refractivity contribution is 5.03. The largest absolute Gasteiger partial charge is 0.361 e. The third-order valence-corrected chi connectivity index (χ3v) is 3.22. The number of hydrogen-bond donors (Lipinski definition) is 1. The number of aryl methyl sites for hydroxylation is 1. The molecule has 0 spiro atoms. The van der Waals surface area contributed by atoms with E-state index in [-0.39, 0.29) is 0 Å². The van der Waals surface area contributed by atoms with Gasteiger partial charge in [0.1, 0.15) is 5.76 Å². The molecular weight excluding hydrogens is 188 g/mol. The summed E-state index contributed by atoms with van der Waals surface area (Å²) >= 11 is 0. The van der Waals surface area contributed by atoms with E-state index in [0.29, 0.717) is 11.5 Å². The second-order valence-electron chi connectivity index (χ2n) is 5.41. The lowest BCUT2D eigenvalue weighted by Crippen LogP contribution is -2.26. The highest BCUT2D eigenvalue weighted by Gasteiger charge is 2.30. The van der Waals surface area contributed by atoms with E-state index in [1.165, 1.54) is 19.3 Å². The van der Waals surface area contributed by atoms with E-state index in [2.05, 4.69) is 24.3 Å². The fraction of sp³-hybridized carbons (Fsp3) is 0.750. The van der Waals surface area contributed by atoms with Crippen molar-refractivity contribution in [3.05, 3.63) is 17.5 Å². The maximum atomic E-state index is 5.03. The Hall–Kier alpha value is -0.830. The molecule has 1 aromatic heterocycles. The summed E-state index contributed by atoms with van der Waals surface area (Å²) in [5.74, 6) is 0.888. The van der Waals surface area contributed by atoms with Gasteiger partial charge in [-0.1, -0.05) is 19.0 Å². The first-order valence-corrected chi connectivity index (χ1v) is 5.71. The molecule has 0 saturated heterocycles. The Morgan fingerprint density at radius 3 is 2.93 bits per heavy atom. The molecule has 1 aliphatic carbocycles. The molecule has 3 heteroatoms. The monoisotopic (exact) mass is 208 g/mol. The van der Waals surface area contributed by atoms with Crippen LogP contribution in [0.2, 0.25) is 0 Å². The normalized spacial score (nSPS) is 24.6. The van der Waals surface area contributed by atoms with Gasteiger partial charge in [-0.05, 0) is 31.6 Å². The zero-order chi connectivity index (χ0) is 10.9. The molecule has 0 aliphatic heterocycles. The van der Waals surface area contributed by atoms with Gasteiger partial charge in [0.25, 0.3) is 0 Å². The van der Waals surface area contributed by atoms with Gasteiger partial charge >= 0.3 is 0 Å². The Balaban J connectivity index is 1.80. The van der Waals surface area contributed by atoms with E-state index in [0.717, 1.165) is 18.0 Å². The van der Waals surface area contributed by atoms with Crippen LogP contribution in [0.1, 0.15) is 44.6 Å². The lowest BCUT2D eigenvalue weighted by atomic mass is 9.92. The summed E-state index contributed by atoms with van der Waals surface area (Å²) in [7, 11) is 0. The molecule has 1 aliphatic rings. The van der Waals surface area contributed by atoms with Gasteiger partial charge < -0.3 is 9.84 Å². The minimum absolute atomic E-state index is 0.511. The quantitative estimate of drug-likeness (QED) is 0.829. The van der Waals surface area contributed by atoms with Gasteiger partial charge in [-0.25, -0.2) is 0 Å². The van der Waals surface area contributed by atoms with Gasteiger partial charge in [-0.3, -0.25) is 0 Å². The topological polar surface area (TPSA) is 38.1 Å². The van der Waals surface area contributed by atoms with E-state index in [1.807, 2.05) is 13.0 Å². The highest BCUT2D eigenvalue weighted by Crippen LogP contribution is 2.36. The van der Waals surface area contributed by atoms with Crippen molar-refractivity contribution in [2.24, 2.45) is 5.41 Å². The van der Waals surface area contributed by atoms with Gasteiger partial charge in [0.15, 0.2) is 0 Å². The minimum Gasteiger partial charge on any atom is -0.361 e. The summed E-state index contributed by atoms with van der Waals surface area (Å²) in [6, 6.07) is 2.64. The van der Waals surface area contributed by atoms with Crippen molar-refractivity contribution in [3.8, 4) is 0 Å². The Morgan fingerprint density at radius 1 is 1.60 bits per heavy atom. The molecule has 0 radical (unpaired) electrons. The summed E-state index contributed by atoms with van der Waals surface area (Å²) in [4.78, 5) is 0. The first-order valence-electron chi connectivity index (χ1n) is 5.71. The summed E-state index contributed by atoms with van der Waals surface area (Å²) in [6.07, 6.45) is 3.87. The molecule has 84 valence electrons. The zero-order valence-corrected chi connectivity index (χ0v) is 9.84. The molecule has 15 heavy (non-hydrogen) atoms. The fourth-order valence-electron chi connectivity index (χ4n) is 2.36. The van der Waals surface area contributed by atoms with Crippen LogP contribution >= 0.6 is 0 Å². The van der Waals surface area contributed by atoms with Gasteiger partial charge in [-0.15, -0.1) is 0 Å². The van der Waals surface area contributed by atoms with Gasteiger partial charge in [0.05, 0.1) is 5.69 Å². The standard InChI is InChI=1S/C12H20N2O/c1-9-6-11(14-15-9)8-13-10-4-5-12(2,3)7-10/h6,10,13H,4-5,7-8H2,1-3H3. The molecule has 0 amide bonds. The van der Waals surface area contributed by atoms with Crippen LogP contribution in [0.3, 0.4) is 0 Å². The van der Waals surface area contributed by atoms with Crippen LogP contribution in [-0.2, 0) is 6.54 Å². The third-order valence-electron chi connectivity index (χ3n) is 3.22. The van der Waals surface area contributed by atoms with Crippen molar-refractivity contribution in [2.75, 3.05) is 0 Å². The van der Waals surface area contributed by atoms with E-state index in [1.54, 1.807) is 0 Å². The van der Waals surface area contributed by atoms with Crippen LogP contribution in [0.25, 0.3) is 0 Å². The Morgan fingerprint density at radius 2 is 2.40 bits per heavy atom. The zero-order valence-electron chi connectivity index (χ0n) is 9.84. The number of hydrogen-bond acceptors (Lipinski definition) is 3. The molecule has 0 aromatic carbocycles. The molecule has 1 fully saturated rings. The summed E-state index contributed by atoms with van der Waals surface area (Å²) in [6.45, 7) is 7.44. The van der Waals surface area contributed by atoms with Crippen LogP contribution < -0.4 is 5.32 Å². The average molecular weight is 208 g/mol. The number of aromatic nitrogens is 1. The summed E-state index contributed by atoms with van der Waals surface area (Å²) in [5.41, 5.74) is 1.52. The third kappa shape index (κ3) is 2.81. The maximum Gasteiger partial charge on any atom is 0.133 e. The van der Waals surface area contributed by atoms with Gasteiger partial charge in [0.2, 0.25) is 0 Å². The van der Waals surface area contributed by atoms with Crippen LogP contribution in [0.5, 0.6) is 0 Å². The Kier molecular flexibility index (Phi) is 2.83. The maximum absolute atomic E-state index is 5.03. The Bertz CT molecular complexity index is 330. The first kappa shape index (κ1) is 10.7. The van der Waals surface area contributed by atoms with Crippen molar-refractivity contribution >= 4 is 0 Å². The van der Waals surface area contributed by atoms with Crippen molar-refractivity contribution < 1.29 is 4.52 Å². The fourth-order valence-corrected chi connectivity index (χ4v) is 2.36. The van der Waals surface area contributed by atoms with Crippen LogP contribution in [-0.4, -0.2) is 11.2 Å². The molecule has 1 unspecified atom stereocenters. The van der Waals surface area contributed by atoms with E-state index in [9.17, 15) is 0 Å². The molecule has 1 aromatic rings. The van der Waals surface area contributed by atoms with E-state index in [4.69, 9.17) is 4.52 Å². The SMILES string of the molecule is Cc1cc(CNC2CCC(C)(C)C2)no1. The van der Waals surface area contributed by atoms with E-state index >= 15 is 0 Å². The van der Waals surface area contributed by atoms with Crippen molar-refractivity contribution in [1.82, 2.24) is 10.5 Å². The predicted molar refractivity (Wildman–Crippen MR) is 59.5 cm³/mol. The number of nitrogens with zero attached hydrogens (tertiary/aromatic N) is 1. The molecular formula is C12H20N2O. The van der Waals surface area contributed by atoms with Crippen LogP contribution in [0.4, 0.5) is 0 Å². The smallest absolute Gasteiger partial charge is 0.133 e. The molecule has 1 heterocycles. The molecule has 2 rings (SSSR count). The van der Waals surface area contributed by atoms with Crippen LogP contribution in [0, 0.1) is 12.3 Å². The summed E-state index contributed by atoms with van der Waals surface area (Å²) < 4.78 is 5.03. The molecule has 0 bridgehead atoms. The Labute approximate surface area is 91.2 Å². The van der Waals surface area contributed by atoms with E-state index < -0.39 is 0 Å². The summed E-state index contributed by atoms with van der Waals surface area (Å²) in [5, 5.41) is 7.52. The van der Waals surface area contributed by atoms with Crippen molar-refractivity contribution in [1.29, 1.82) is 0 Å². The molecule has 1 saturated carbocycles. The average Bonchev–Trinajstić information content (AvgIpc) is 2.69. The van der Waals surface area contributed by atoms with Gasteiger partial charge in [0, 0.05) is 18.7 Å². The van der Waals surface area contributed by atoms with Gasteiger partial charge in [-0.2, -0.15) is 0 Å². The second-order valence-corrected chi connectivity index (χ2v) is 5.41. The van der Waals surface area contributed by atoms with Crippen molar-refractivity contribution in [2.45, 2.75) is 52.6 Å². The lowest BCUT2D eigenvalue weighted by Gasteiger charge is -2.17. The molecule has 1 atom stereocenters. The van der Waals surface area contributed by atoms with Crippen LogP contribution in [0.15, 0.2) is 10.6 Å². The van der Waals surface area contributed by atoms with Crippen molar-refractivity contribution in [3.63, 3.8) is 0 Å². The lowest BCUT2D eigenvalue weighted by molar-refractivity contribution is 0.360. The molecule has 3 nitrogen and oxygen atoms in total. The molecule has 1 N–H and O–H groups in total. The second kappa shape index (κ2) is 3.97.